The van der Waals surface area contributed by atoms with Gasteiger partial charge in [-0.2, -0.15) is 10.4 Å². The number of nitrogens with one attached hydrogen (secondary N) is 2. The average Bonchev–Trinajstić information content (AvgIpc) is 3.21. The van der Waals surface area contributed by atoms with Crippen molar-refractivity contribution in [2.45, 2.75) is 32.4 Å². The molecule has 10 heteroatoms. The molecule has 1 aromatic heterocycles. The van der Waals surface area contributed by atoms with Gasteiger partial charge in [-0.1, -0.05) is 18.2 Å². The third kappa shape index (κ3) is 3.69. The molecule has 2 aromatic rings. The van der Waals surface area contributed by atoms with Crippen molar-refractivity contribution in [1.82, 2.24) is 9.78 Å². The van der Waals surface area contributed by atoms with Gasteiger partial charge >= 0.3 is 11.9 Å². The second-order valence-corrected chi connectivity index (χ2v) is 6.87. The summed E-state index contributed by atoms with van der Waals surface area (Å²) < 4.78 is 11.8. The van der Waals surface area contributed by atoms with Gasteiger partial charge in [-0.05, 0) is 32.9 Å². The first-order valence-electron chi connectivity index (χ1n) is 10.0. The lowest BCUT2D eigenvalue weighted by Crippen LogP contribution is -2.63. The number of anilines is 2. The van der Waals surface area contributed by atoms with Crippen LogP contribution in [0.25, 0.3) is 0 Å². The van der Waals surface area contributed by atoms with Crippen molar-refractivity contribution < 1.29 is 23.9 Å². The topological polar surface area (TPSA) is 135 Å². The fourth-order valence-electron chi connectivity index (χ4n) is 3.66. The van der Waals surface area contributed by atoms with Crippen molar-refractivity contribution in [3.05, 3.63) is 53.9 Å². The van der Waals surface area contributed by atoms with Crippen LogP contribution in [0.15, 0.2) is 48.3 Å². The smallest absolute Gasteiger partial charge is 0.341 e. The van der Waals surface area contributed by atoms with E-state index in [4.69, 9.17) is 9.47 Å². The molecule has 0 bridgehead atoms. The van der Waals surface area contributed by atoms with Crippen molar-refractivity contribution in [2.24, 2.45) is 0 Å². The van der Waals surface area contributed by atoms with Crippen LogP contribution in [0.1, 0.15) is 26.3 Å². The molecule has 2 unspecified atom stereocenters. The summed E-state index contributed by atoms with van der Waals surface area (Å²) in [5, 5.41) is 19.6. The number of fused-ring (bicyclic) bond motifs is 1. The van der Waals surface area contributed by atoms with Crippen molar-refractivity contribution in [3.8, 4) is 6.07 Å². The minimum absolute atomic E-state index is 0.0121. The number of hydrogen-bond donors (Lipinski definition) is 2. The Bertz CT molecular complexity index is 1100. The molecule has 1 aliphatic rings. The molecule has 0 saturated heterocycles. The molecule has 0 fully saturated rings. The van der Waals surface area contributed by atoms with E-state index >= 15 is 0 Å². The van der Waals surface area contributed by atoms with Crippen LogP contribution < -0.4 is 10.6 Å². The number of hydrogen-bond acceptors (Lipinski definition) is 9. The van der Waals surface area contributed by atoms with E-state index in [1.165, 1.54) is 19.3 Å². The summed E-state index contributed by atoms with van der Waals surface area (Å²) >= 11 is 0. The first-order valence-corrected chi connectivity index (χ1v) is 10.0. The summed E-state index contributed by atoms with van der Waals surface area (Å²) in [5.74, 6) is -2.03. The fourth-order valence-corrected chi connectivity index (χ4v) is 3.66. The molecule has 3 rings (SSSR count). The molecule has 0 amide bonds. The van der Waals surface area contributed by atoms with E-state index < -0.39 is 29.3 Å². The Morgan fingerprint density at radius 3 is 2.50 bits per heavy atom. The Hall–Kier alpha value is -4.13. The van der Waals surface area contributed by atoms with E-state index in [0.29, 0.717) is 5.69 Å². The van der Waals surface area contributed by atoms with E-state index in [1.807, 2.05) is 6.07 Å². The molecular weight excluding hydrogens is 414 g/mol. The largest absolute Gasteiger partial charge is 0.464 e. The molecule has 2 atom stereocenters. The van der Waals surface area contributed by atoms with Gasteiger partial charge in [0.05, 0.1) is 25.0 Å². The zero-order valence-corrected chi connectivity index (χ0v) is 17.9. The molecule has 1 aromatic carbocycles. The number of nitriles is 1. The van der Waals surface area contributed by atoms with Crippen LogP contribution in [0.3, 0.4) is 0 Å². The molecule has 0 saturated carbocycles. The quantitative estimate of drug-likeness (QED) is 0.594. The number of aromatic nitrogens is 2. The standard InChI is InChI=1S/C22H23N5O5/c1-4-31-20(29)18(26-16-9-7-6-8-10-16)22(21(30)32-5-2)17(14(3)28)13-24-19-15(11-23)12-25-27(19)22/h6-10,12-13,18,24,26H,4-5H2,1-3H3. The minimum atomic E-state index is -2.07. The minimum Gasteiger partial charge on any atom is -0.464 e. The van der Waals surface area contributed by atoms with Crippen LogP contribution in [0.5, 0.6) is 0 Å². The number of ether oxygens (including phenoxy) is 2. The maximum atomic E-state index is 13.6. The van der Waals surface area contributed by atoms with Gasteiger partial charge in [0, 0.05) is 11.9 Å². The lowest BCUT2D eigenvalue weighted by molar-refractivity contribution is -0.161. The third-order valence-electron chi connectivity index (χ3n) is 4.98. The fraction of sp³-hybridized carbons (Fsp3) is 0.318. The highest BCUT2D eigenvalue weighted by Gasteiger charge is 2.60. The van der Waals surface area contributed by atoms with Gasteiger partial charge in [-0.25, -0.2) is 14.3 Å². The summed E-state index contributed by atoms with van der Waals surface area (Å²) in [5.41, 5.74) is -1.51. The van der Waals surface area contributed by atoms with E-state index in [2.05, 4.69) is 15.7 Å². The number of benzene rings is 1. The number of rotatable bonds is 8. The molecule has 32 heavy (non-hydrogen) atoms. The Kier molecular flexibility index (Phi) is 6.59. The Morgan fingerprint density at radius 2 is 1.91 bits per heavy atom. The normalized spacial score (nSPS) is 17.6. The van der Waals surface area contributed by atoms with Gasteiger partial charge in [-0.15, -0.1) is 0 Å². The molecular formula is C22H23N5O5. The van der Waals surface area contributed by atoms with E-state index in [1.54, 1.807) is 44.2 Å². The van der Waals surface area contributed by atoms with E-state index in [0.717, 1.165) is 4.68 Å². The molecule has 10 nitrogen and oxygen atoms in total. The van der Waals surface area contributed by atoms with Crippen LogP contribution in [0, 0.1) is 11.3 Å². The molecule has 0 spiro atoms. The predicted molar refractivity (Wildman–Crippen MR) is 114 cm³/mol. The van der Waals surface area contributed by atoms with Gasteiger partial charge < -0.3 is 20.1 Å². The highest BCUT2D eigenvalue weighted by molar-refractivity contribution is 6.07. The summed E-state index contributed by atoms with van der Waals surface area (Å²) in [6.45, 7) is 4.54. The molecule has 2 heterocycles. The van der Waals surface area contributed by atoms with Crippen LogP contribution in [-0.2, 0) is 29.4 Å². The monoisotopic (exact) mass is 437 g/mol. The zero-order chi connectivity index (χ0) is 23.3. The maximum Gasteiger partial charge on any atom is 0.341 e. The number of esters is 2. The summed E-state index contributed by atoms with van der Waals surface area (Å²) in [6.07, 6.45) is 2.55. The average molecular weight is 437 g/mol. The highest BCUT2D eigenvalue weighted by atomic mass is 16.5. The van der Waals surface area contributed by atoms with E-state index in [-0.39, 0.29) is 30.2 Å². The lowest BCUT2D eigenvalue weighted by atomic mass is 9.79. The van der Waals surface area contributed by atoms with Crippen LogP contribution in [0.2, 0.25) is 0 Å². The summed E-state index contributed by atoms with van der Waals surface area (Å²) in [7, 11) is 0. The van der Waals surface area contributed by atoms with Crippen molar-refractivity contribution in [1.29, 1.82) is 5.26 Å². The third-order valence-corrected chi connectivity index (χ3v) is 4.98. The van der Waals surface area contributed by atoms with Crippen LogP contribution in [0.4, 0.5) is 11.5 Å². The molecule has 2 N–H and O–H groups in total. The summed E-state index contributed by atoms with van der Waals surface area (Å²) in [4.78, 5) is 39.6. The number of carbonyl (C=O) groups is 3. The zero-order valence-electron chi connectivity index (χ0n) is 17.9. The number of carbonyl (C=O) groups excluding carboxylic acids is 3. The van der Waals surface area contributed by atoms with Gasteiger partial charge in [0.2, 0.25) is 5.54 Å². The Balaban J connectivity index is 2.35. The van der Waals surface area contributed by atoms with Crippen LogP contribution >= 0.6 is 0 Å². The number of ketones is 1. The Labute approximate surface area is 184 Å². The van der Waals surface area contributed by atoms with Crippen molar-refractivity contribution >= 4 is 29.2 Å². The second kappa shape index (κ2) is 9.34. The van der Waals surface area contributed by atoms with Gasteiger partial charge in [-0.3, -0.25) is 4.79 Å². The predicted octanol–water partition coefficient (Wildman–Crippen LogP) is 1.96. The van der Waals surface area contributed by atoms with Gasteiger partial charge in [0.1, 0.15) is 17.5 Å². The van der Waals surface area contributed by atoms with Crippen molar-refractivity contribution in [2.75, 3.05) is 23.8 Å². The van der Waals surface area contributed by atoms with Crippen LogP contribution in [-0.4, -0.2) is 46.8 Å². The molecule has 166 valence electrons. The molecule has 0 aliphatic carbocycles. The molecule has 1 aliphatic heterocycles. The highest BCUT2D eigenvalue weighted by Crippen LogP contribution is 2.40. The van der Waals surface area contributed by atoms with Gasteiger partial charge in [0.25, 0.3) is 0 Å². The SMILES string of the molecule is CCOC(=O)C(Nc1ccccc1)C1(C(=O)OCC)C(C(C)=O)=CNc2c(C#N)cnn21. The first-order chi connectivity index (χ1) is 15.4. The van der Waals surface area contributed by atoms with Gasteiger partial charge in [0.15, 0.2) is 11.8 Å². The van der Waals surface area contributed by atoms with E-state index in [9.17, 15) is 19.6 Å². The first kappa shape index (κ1) is 22.6. The van der Waals surface area contributed by atoms with Crippen molar-refractivity contribution in [3.63, 3.8) is 0 Å². The molecule has 0 radical (unpaired) electrons. The number of nitrogens with zero attached hydrogens (tertiary/aromatic N) is 3. The second-order valence-electron chi connectivity index (χ2n) is 6.87. The number of para-hydroxylation sites is 1. The maximum absolute atomic E-state index is 13.6. The lowest BCUT2D eigenvalue weighted by Gasteiger charge is -2.41. The number of Topliss-reactive ketones (excluding diaryl/α,β-unsaturated/α-hetero) is 1. The Morgan fingerprint density at radius 1 is 1.22 bits per heavy atom. The summed E-state index contributed by atoms with van der Waals surface area (Å²) in [6, 6.07) is 9.24.